The van der Waals surface area contributed by atoms with Crippen LogP contribution in [-0.2, 0) is 11.3 Å². The van der Waals surface area contributed by atoms with Gasteiger partial charge in [-0.15, -0.1) is 18.3 Å². The number of fused-ring (bicyclic) bond motifs is 1. The van der Waals surface area contributed by atoms with Crippen LogP contribution in [0.5, 0.6) is 0 Å². The predicted molar refractivity (Wildman–Crippen MR) is 148 cm³/mol. The number of thioether (sulfide) groups is 1. The molecule has 3 aromatic rings. The smallest absolute Gasteiger partial charge is 0.238 e. The Morgan fingerprint density at radius 1 is 1.31 bits per heavy atom. The van der Waals surface area contributed by atoms with Crippen molar-refractivity contribution in [3.05, 3.63) is 72.2 Å². The van der Waals surface area contributed by atoms with Crippen LogP contribution in [0.15, 0.2) is 65.8 Å². The van der Waals surface area contributed by atoms with Gasteiger partial charge in [0.25, 0.3) is 0 Å². The first-order valence-electron chi connectivity index (χ1n) is 11.8. The molecule has 0 spiro atoms. The number of benzene rings is 2. The van der Waals surface area contributed by atoms with Gasteiger partial charge in [0.05, 0.1) is 17.0 Å². The van der Waals surface area contributed by atoms with Crippen LogP contribution in [0.4, 0.5) is 10.1 Å². The molecule has 1 aromatic heterocycles. The Balaban J connectivity index is 0.000000416. The molecule has 6 nitrogen and oxygen atoms in total. The first-order chi connectivity index (χ1) is 17.0. The van der Waals surface area contributed by atoms with Gasteiger partial charge >= 0.3 is 0 Å². The minimum Gasteiger partial charge on any atom is -0.325 e. The molecule has 0 bridgehead atoms. The molecule has 4 rings (SSSR count). The van der Waals surface area contributed by atoms with Crippen LogP contribution in [0.1, 0.15) is 32.8 Å². The van der Waals surface area contributed by atoms with Crippen LogP contribution in [-0.4, -0.2) is 58.4 Å². The fourth-order valence-electron chi connectivity index (χ4n) is 3.39. The number of amides is 1. The van der Waals surface area contributed by atoms with Crippen LogP contribution in [0.25, 0.3) is 10.9 Å². The predicted octanol–water partition coefficient (Wildman–Crippen LogP) is 5.94. The van der Waals surface area contributed by atoms with E-state index in [9.17, 15) is 9.18 Å². The Morgan fingerprint density at radius 2 is 2.09 bits per heavy atom. The van der Waals surface area contributed by atoms with Gasteiger partial charge in [-0.3, -0.25) is 14.8 Å². The Morgan fingerprint density at radius 3 is 2.77 bits per heavy atom. The number of nitrogens with zero attached hydrogens (tertiary/aromatic N) is 3. The zero-order valence-electron chi connectivity index (χ0n) is 20.9. The lowest BCUT2D eigenvalue weighted by atomic mass is 10.2. The molecule has 188 valence electrons. The third-order valence-electron chi connectivity index (χ3n) is 5.20. The summed E-state index contributed by atoms with van der Waals surface area (Å²) in [6.07, 6.45) is 2.71. The lowest BCUT2D eigenvalue weighted by molar-refractivity contribution is -0.116. The number of nitrogens with one attached hydrogen (secondary N) is 2. The minimum atomic E-state index is -0.194. The summed E-state index contributed by atoms with van der Waals surface area (Å²) in [6, 6.07) is 12.5. The molecule has 0 radical (unpaired) electrons. The summed E-state index contributed by atoms with van der Waals surface area (Å²) in [5.41, 5.74) is 3.54. The first kappa shape index (κ1) is 28.3. The molecular formula is C27H36FN5OS. The molecule has 1 amide bonds. The highest BCUT2D eigenvalue weighted by atomic mass is 32.2. The van der Waals surface area contributed by atoms with Gasteiger partial charge in [0.15, 0.2) is 0 Å². The average molecular weight is 498 g/mol. The number of hydrogen-bond donors (Lipinski definition) is 2. The number of carbonyl (C=O) groups excluding carboxylic acids is 1. The van der Waals surface area contributed by atoms with Gasteiger partial charge in [-0.1, -0.05) is 37.6 Å². The molecule has 1 aliphatic heterocycles. The normalized spacial score (nSPS) is 15.3. The summed E-state index contributed by atoms with van der Waals surface area (Å²) in [4.78, 5) is 18.5. The van der Waals surface area contributed by atoms with Crippen LogP contribution in [0.2, 0.25) is 0 Å². The number of carbonyl (C=O) groups is 1. The molecule has 35 heavy (non-hydrogen) atoms. The highest BCUT2D eigenvalue weighted by Crippen LogP contribution is 2.23. The fourth-order valence-corrected chi connectivity index (χ4v) is 4.56. The standard InChI is InChI=1S/C19H19FN4OS.C6H11N.C2H6/c20-16-4-2-1-3-13(16)11-24-7-8-26-18(12-24)19(25)22-15-5-6-17-14(9-15)10-21-23-17;1-6(2)4-5-7-3;1-2/h1-6,9-10,18H,7-8,11-12H2,(H,21,23)(H,22,25);1,3-5H2,2H3;1-2H3. The van der Waals surface area contributed by atoms with Crippen molar-refractivity contribution in [3.63, 3.8) is 0 Å². The van der Waals surface area contributed by atoms with E-state index in [-0.39, 0.29) is 17.0 Å². The Hall–Kier alpha value is -2.97. The largest absolute Gasteiger partial charge is 0.325 e. The molecular weight excluding hydrogens is 461 g/mol. The molecule has 2 heterocycles. The summed E-state index contributed by atoms with van der Waals surface area (Å²) >= 11 is 1.65. The van der Waals surface area contributed by atoms with E-state index in [0.29, 0.717) is 18.7 Å². The van der Waals surface area contributed by atoms with E-state index in [1.807, 2.05) is 45.0 Å². The van der Waals surface area contributed by atoms with Crippen molar-refractivity contribution in [2.24, 2.45) is 4.99 Å². The molecule has 2 aromatic carbocycles. The quantitative estimate of drug-likeness (QED) is 0.313. The van der Waals surface area contributed by atoms with Crippen LogP contribution in [0, 0.1) is 5.82 Å². The average Bonchev–Trinajstić information content (AvgIpc) is 3.34. The van der Waals surface area contributed by atoms with Crippen LogP contribution >= 0.6 is 11.8 Å². The van der Waals surface area contributed by atoms with E-state index in [0.717, 1.165) is 41.9 Å². The molecule has 1 fully saturated rings. The second-order valence-corrected chi connectivity index (χ2v) is 9.31. The van der Waals surface area contributed by atoms with Crippen LogP contribution < -0.4 is 5.32 Å². The minimum absolute atomic E-state index is 0.0175. The van der Waals surface area contributed by atoms with Gasteiger partial charge in [0.2, 0.25) is 5.91 Å². The summed E-state index contributed by atoms with van der Waals surface area (Å²) in [7, 11) is 0. The van der Waals surface area contributed by atoms with E-state index in [1.165, 1.54) is 11.6 Å². The van der Waals surface area contributed by atoms with Crippen LogP contribution in [0.3, 0.4) is 0 Å². The lowest BCUT2D eigenvalue weighted by Crippen LogP contribution is -2.43. The van der Waals surface area contributed by atoms with Crippen molar-refractivity contribution >= 4 is 41.0 Å². The van der Waals surface area contributed by atoms with Gasteiger partial charge in [0.1, 0.15) is 5.82 Å². The van der Waals surface area contributed by atoms with Crippen molar-refractivity contribution in [1.82, 2.24) is 15.1 Å². The van der Waals surface area contributed by atoms with E-state index >= 15 is 0 Å². The van der Waals surface area contributed by atoms with Gasteiger partial charge in [-0.05, 0) is 44.3 Å². The number of anilines is 1. The number of hydrogen-bond acceptors (Lipinski definition) is 5. The third-order valence-corrected chi connectivity index (χ3v) is 6.38. The maximum Gasteiger partial charge on any atom is 0.238 e. The van der Waals surface area contributed by atoms with E-state index in [2.05, 4.69) is 38.7 Å². The molecule has 1 atom stereocenters. The Kier molecular flexibility index (Phi) is 12.2. The number of halogens is 1. The monoisotopic (exact) mass is 497 g/mol. The summed E-state index contributed by atoms with van der Waals surface area (Å²) in [6.45, 7) is 15.8. The van der Waals surface area contributed by atoms with E-state index < -0.39 is 0 Å². The SMILES string of the molecule is C=NCCC(=C)C.CC.O=C(Nc1ccc2[nH]ncc2c1)C1CN(Cc2ccccc2F)CCS1. The number of rotatable bonds is 7. The van der Waals surface area contributed by atoms with E-state index in [4.69, 9.17) is 0 Å². The van der Waals surface area contributed by atoms with Crippen molar-refractivity contribution in [2.75, 3.05) is 30.7 Å². The zero-order chi connectivity index (χ0) is 25.6. The molecule has 1 unspecified atom stereocenters. The Labute approximate surface area is 212 Å². The van der Waals surface area contributed by atoms with Crippen molar-refractivity contribution in [2.45, 2.75) is 39.0 Å². The Bertz CT molecular complexity index is 1100. The van der Waals surface area contributed by atoms with Gasteiger partial charge in [0, 0.05) is 48.6 Å². The maximum atomic E-state index is 13.9. The number of aromatic amines is 1. The maximum absolute atomic E-state index is 13.9. The fraction of sp³-hybridized carbons (Fsp3) is 0.370. The van der Waals surface area contributed by atoms with Gasteiger partial charge in [-0.2, -0.15) is 5.10 Å². The molecule has 0 saturated carbocycles. The molecule has 2 N–H and O–H groups in total. The third kappa shape index (κ3) is 9.30. The molecule has 1 saturated heterocycles. The summed E-state index contributed by atoms with van der Waals surface area (Å²) < 4.78 is 13.9. The van der Waals surface area contributed by atoms with E-state index in [1.54, 1.807) is 30.1 Å². The number of aromatic nitrogens is 2. The van der Waals surface area contributed by atoms with Crippen molar-refractivity contribution < 1.29 is 9.18 Å². The lowest BCUT2D eigenvalue weighted by Gasteiger charge is -2.31. The number of aliphatic imine (C=N–C) groups is 1. The highest BCUT2D eigenvalue weighted by molar-refractivity contribution is 8.00. The van der Waals surface area contributed by atoms with Gasteiger partial charge in [-0.25, -0.2) is 4.39 Å². The molecule has 1 aliphatic rings. The van der Waals surface area contributed by atoms with Crippen molar-refractivity contribution in [3.8, 4) is 0 Å². The first-order valence-corrected chi connectivity index (χ1v) is 12.9. The molecule has 8 heteroatoms. The van der Waals surface area contributed by atoms with Crippen molar-refractivity contribution in [1.29, 1.82) is 0 Å². The summed E-state index contributed by atoms with van der Waals surface area (Å²) in [5.74, 6) is 0.643. The second kappa shape index (κ2) is 15.1. The second-order valence-electron chi connectivity index (χ2n) is 8.00. The highest BCUT2D eigenvalue weighted by Gasteiger charge is 2.27. The topological polar surface area (TPSA) is 73.4 Å². The number of H-pyrrole nitrogens is 1. The zero-order valence-corrected chi connectivity index (χ0v) is 21.7. The summed E-state index contributed by atoms with van der Waals surface area (Å²) in [5, 5.41) is 10.7. The van der Waals surface area contributed by atoms with Gasteiger partial charge < -0.3 is 10.3 Å². The molecule has 0 aliphatic carbocycles.